The normalized spacial score (nSPS) is 14.5. The monoisotopic (exact) mass is 421 g/mol. The molecule has 9 nitrogen and oxygen atoms in total. The van der Waals surface area contributed by atoms with Crippen molar-refractivity contribution in [3.8, 4) is 11.4 Å². The van der Waals surface area contributed by atoms with Crippen molar-refractivity contribution in [3.63, 3.8) is 0 Å². The van der Waals surface area contributed by atoms with Gasteiger partial charge in [-0.05, 0) is 18.1 Å². The molecule has 2 aromatic carbocycles. The van der Waals surface area contributed by atoms with Crippen molar-refractivity contribution >= 4 is 11.6 Å². The first-order chi connectivity index (χ1) is 15.0. The standard InChI is InChI=1S/C22H23N5O4/c1-16-5-2-3-6-17(16)14-21(28)26-11-9-25(10-12-26)15-20-23-22(24-31-20)18-7-4-8-19(13-18)27(29)30/h2-8,13H,9-12,14-15H2,1H3. The SMILES string of the molecule is Cc1ccccc1CC(=O)N1CCN(Cc2nc(-c3cccc([N+](=O)[O-])c3)no2)CC1. The molecule has 1 aliphatic heterocycles. The molecule has 0 bridgehead atoms. The van der Waals surface area contributed by atoms with Gasteiger partial charge in [0.15, 0.2) is 0 Å². The molecule has 3 aromatic rings. The number of aromatic nitrogens is 2. The highest BCUT2D eigenvalue weighted by atomic mass is 16.6. The number of nitrogens with zero attached hydrogens (tertiary/aromatic N) is 5. The third kappa shape index (κ3) is 4.95. The Kier molecular flexibility index (Phi) is 6.03. The number of amides is 1. The molecule has 1 saturated heterocycles. The first kappa shape index (κ1) is 20.7. The minimum Gasteiger partial charge on any atom is -0.340 e. The van der Waals surface area contributed by atoms with Gasteiger partial charge in [-0.1, -0.05) is 41.6 Å². The second-order valence-corrected chi connectivity index (χ2v) is 7.58. The molecule has 1 amide bonds. The fourth-order valence-corrected chi connectivity index (χ4v) is 3.62. The first-order valence-corrected chi connectivity index (χ1v) is 10.1. The van der Waals surface area contributed by atoms with Gasteiger partial charge in [0, 0.05) is 43.9 Å². The second-order valence-electron chi connectivity index (χ2n) is 7.58. The van der Waals surface area contributed by atoms with Crippen LogP contribution in [0.3, 0.4) is 0 Å². The zero-order valence-electron chi connectivity index (χ0n) is 17.2. The Bertz CT molecular complexity index is 1090. The fourth-order valence-electron chi connectivity index (χ4n) is 3.62. The van der Waals surface area contributed by atoms with E-state index in [1.807, 2.05) is 36.1 Å². The molecular weight excluding hydrogens is 398 g/mol. The first-order valence-electron chi connectivity index (χ1n) is 10.1. The molecule has 2 heterocycles. The van der Waals surface area contributed by atoms with E-state index in [2.05, 4.69) is 15.0 Å². The number of carbonyl (C=O) groups is 1. The maximum absolute atomic E-state index is 12.6. The van der Waals surface area contributed by atoms with Gasteiger partial charge in [-0.2, -0.15) is 4.98 Å². The summed E-state index contributed by atoms with van der Waals surface area (Å²) in [5, 5.41) is 14.9. The zero-order valence-corrected chi connectivity index (χ0v) is 17.2. The van der Waals surface area contributed by atoms with Crippen LogP contribution in [0.4, 0.5) is 5.69 Å². The number of rotatable bonds is 6. The minimum absolute atomic E-state index is 0.0182. The van der Waals surface area contributed by atoms with Crippen LogP contribution in [0.5, 0.6) is 0 Å². The smallest absolute Gasteiger partial charge is 0.270 e. The molecule has 160 valence electrons. The largest absolute Gasteiger partial charge is 0.340 e. The lowest BCUT2D eigenvalue weighted by Crippen LogP contribution is -2.48. The van der Waals surface area contributed by atoms with Crippen LogP contribution in [0.2, 0.25) is 0 Å². The van der Waals surface area contributed by atoms with Crippen LogP contribution in [-0.2, 0) is 17.8 Å². The van der Waals surface area contributed by atoms with Crippen LogP contribution in [0.25, 0.3) is 11.4 Å². The van der Waals surface area contributed by atoms with Gasteiger partial charge in [0.25, 0.3) is 5.69 Å². The van der Waals surface area contributed by atoms with Crippen LogP contribution < -0.4 is 0 Å². The lowest BCUT2D eigenvalue weighted by atomic mass is 10.1. The number of hydrogen-bond donors (Lipinski definition) is 0. The van der Waals surface area contributed by atoms with Gasteiger partial charge in [-0.3, -0.25) is 19.8 Å². The Hall–Kier alpha value is -3.59. The van der Waals surface area contributed by atoms with Gasteiger partial charge in [-0.15, -0.1) is 0 Å². The van der Waals surface area contributed by atoms with E-state index in [0.717, 1.165) is 11.1 Å². The number of benzene rings is 2. The molecule has 31 heavy (non-hydrogen) atoms. The van der Waals surface area contributed by atoms with Crippen molar-refractivity contribution in [3.05, 3.63) is 75.7 Å². The van der Waals surface area contributed by atoms with Crippen LogP contribution >= 0.6 is 0 Å². The number of carbonyl (C=O) groups excluding carboxylic acids is 1. The topological polar surface area (TPSA) is 106 Å². The van der Waals surface area contributed by atoms with Crippen LogP contribution in [0.1, 0.15) is 17.0 Å². The van der Waals surface area contributed by atoms with Gasteiger partial charge in [0.05, 0.1) is 17.9 Å². The highest BCUT2D eigenvalue weighted by Gasteiger charge is 2.23. The van der Waals surface area contributed by atoms with Crippen molar-refractivity contribution in [1.82, 2.24) is 19.9 Å². The summed E-state index contributed by atoms with van der Waals surface area (Å²) in [7, 11) is 0. The van der Waals surface area contributed by atoms with E-state index in [4.69, 9.17) is 4.52 Å². The molecule has 1 aliphatic rings. The van der Waals surface area contributed by atoms with Gasteiger partial charge < -0.3 is 9.42 Å². The summed E-state index contributed by atoms with van der Waals surface area (Å²) < 4.78 is 5.34. The molecule has 0 atom stereocenters. The summed E-state index contributed by atoms with van der Waals surface area (Å²) in [6.45, 7) is 5.23. The molecular formula is C22H23N5O4. The van der Waals surface area contributed by atoms with Gasteiger partial charge in [0.2, 0.25) is 17.6 Å². The second kappa shape index (κ2) is 9.05. The van der Waals surface area contributed by atoms with Crippen molar-refractivity contribution in [2.75, 3.05) is 26.2 Å². The third-order valence-electron chi connectivity index (χ3n) is 5.47. The number of aryl methyl sites for hydroxylation is 1. The summed E-state index contributed by atoms with van der Waals surface area (Å²) in [4.78, 5) is 31.6. The van der Waals surface area contributed by atoms with E-state index in [9.17, 15) is 14.9 Å². The minimum atomic E-state index is -0.454. The lowest BCUT2D eigenvalue weighted by Gasteiger charge is -2.34. The van der Waals surface area contributed by atoms with Crippen molar-refractivity contribution in [2.24, 2.45) is 0 Å². The molecule has 0 N–H and O–H groups in total. The van der Waals surface area contributed by atoms with E-state index in [0.29, 0.717) is 56.4 Å². The Balaban J connectivity index is 1.31. The maximum atomic E-state index is 12.6. The number of nitro groups is 1. The van der Waals surface area contributed by atoms with Crippen molar-refractivity contribution < 1.29 is 14.2 Å². The number of non-ortho nitro benzene ring substituents is 1. The highest BCUT2D eigenvalue weighted by Crippen LogP contribution is 2.22. The maximum Gasteiger partial charge on any atom is 0.270 e. The van der Waals surface area contributed by atoms with Crippen molar-refractivity contribution in [2.45, 2.75) is 19.9 Å². The van der Waals surface area contributed by atoms with Crippen LogP contribution in [0.15, 0.2) is 53.1 Å². The summed E-state index contributed by atoms with van der Waals surface area (Å²) in [5.41, 5.74) is 2.71. The quantitative estimate of drug-likeness (QED) is 0.445. The highest BCUT2D eigenvalue weighted by molar-refractivity contribution is 5.79. The summed E-state index contributed by atoms with van der Waals surface area (Å²) >= 11 is 0. The molecule has 4 rings (SSSR count). The van der Waals surface area contributed by atoms with Crippen LogP contribution in [-0.4, -0.2) is 56.9 Å². The Morgan fingerprint density at radius 1 is 1.13 bits per heavy atom. The van der Waals surface area contributed by atoms with E-state index in [1.165, 1.54) is 12.1 Å². The van der Waals surface area contributed by atoms with Gasteiger partial charge >= 0.3 is 0 Å². The number of nitro benzene ring substituents is 1. The van der Waals surface area contributed by atoms with Gasteiger partial charge in [-0.25, -0.2) is 0 Å². The van der Waals surface area contributed by atoms with E-state index in [1.54, 1.807) is 12.1 Å². The molecule has 0 radical (unpaired) electrons. The molecule has 0 aliphatic carbocycles. The zero-order chi connectivity index (χ0) is 21.8. The van der Waals surface area contributed by atoms with E-state index < -0.39 is 4.92 Å². The molecule has 9 heteroatoms. The van der Waals surface area contributed by atoms with Crippen LogP contribution in [0, 0.1) is 17.0 Å². The summed E-state index contributed by atoms with van der Waals surface area (Å²) in [6.07, 6.45) is 0.420. The number of piperazine rings is 1. The average molecular weight is 421 g/mol. The fraction of sp³-hybridized carbons (Fsp3) is 0.318. The summed E-state index contributed by atoms with van der Waals surface area (Å²) in [5.74, 6) is 0.909. The van der Waals surface area contributed by atoms with Crippen molar-refractivity contribution in [1.29, 1.82) is 0 Å². The molecule has 0 unspecified atom stereocenters. The lowest BCUT2D eigenvalue weighted by molar-refractivity contribution is -0.384. The predicted octanol–water partition coefficient (Wildman–Crippen LogP) is 2.84. The number of hydrogen-bond acceptors (Lipinski definition) is 7. The van der Waals surface area contributed by atoms with E-state index >= 15 is 0 Å². The van der Waals surface area contributed by atoms with E-state index in [-0.39, 0.29) is 11.6 Å². The summed E-state index contributed by atoms with van der Waals surface area (Å²) in [6, 6.07) is 14.1. The molecule has 1 aromatic heterocycles. The third-order valence-corrected chi connectivity index (χ3v) is 5.47. The average Bonchev–Trinajstić information content (AvgIpc) is 3.24. The van der Waals surface area contributed by atoms with Gasteiger partial charge in [0.1, 0.15) is 0 Å². The Labute approximate surface area is 179 Å². The predicted molar refractivity (Wildman–Crippen MR) is 113 cm³/mol. The molecule has 1 fully saturated rings. The Morgan fingerprint density at radius 2 is 1.90 bits per heavy atom. The molecule has 0 saturated carbocycles. The molecule has 0 spiro atoms. The Morgan fingerprint density at radius 3 is 2.65 bits per heavy atom.